The highest BCUT2D eigenvalue weighted by atomic mass is 14.7. The van der Waals surface area contributed by atoms with Crippen LogP contribution in [-0.4, -0.2) is 6.04 Å². The van der Waals surface area contributed by atoms with Crippen LogP contribution in [0.2, 0.25) is 0 Å². The van der Waals surface area contributed by atoms with Gasteiger partial charge in [-0.3, -0.25) is 0 Å². The predicted octanol–water partition coefficient (Wildman–Crippen LogP) is 2.12. The predicted molar refractivity (Wildman–Crippen MR) is 51.2 cm³/mol. The quantitative estimate of drug-likeness (QED) is 0.670. The van der Waals surface area contributed by atoms with Crippen LogP contribution in [-0.2, 0) is 0 Å². The number of rotatable bonds is 1. The summed E-state index contributed by atoms with van der Waals surface area (Å²) in [5, 5.41) is 0. The number of nitrogens with two attached hydrogens (primary N) is 1. The van der Waals surface area contributed by atoms with Crippen molar-refractivity contribution < 1.29 is 0 Å². The second-order valence-electron chi connectivity index (χ2n) is 3.85. The Morgan fingerprint density at radius 1 is 1.25 bits per heavy atom. The van der Waals surface area contributed by atoms with Gasteiger partial charge in [-0.15, -0.1) is 0 Å². The molecule has 0 saturated heterocycles. The van der Waals surface area contributed by atoms with Crippen LogP contribution >= 0.6 is 0 Å². The van der Waals surface area contributed by atoms with E-state index in [0.717, 1.165) is 0 Å². The molecular weight excluding hydrogens is 146 g/mol. The Hall–Kier alpha value is -0.820. The molecule has 1 aromatic rings. The molecule has 1 fully saturated rings. The van der Waals surface area contributed by atoms with Gasteiger partial charge in [-0.25, -0.2) is 0 Å². The molecule has 0 bridgehead atoms. The lowest BCUT2D eigenvalue weighted by Crippen LogP contribution is -2.01. The third-order valence-corrected chi connectivity index (χ3v) is 2.80. The number of aryl methyl sites for hydroxylation is 2. The van der Waals surface area contributed by atoms with E-state index in [2.05, 4.69) is 32.0 Å². The van der Waals surface area contributed by atoms with E-state index in [4.69, 9.17) is 5.73 Å². The zero-order valence-electron chi connectivity index (χ0n) is 7.67. The molecule has 2 unspecified atom stereocenters. The minimum absolute atomic E-state index is 0.423. The van der Waals surface area contributed by atoms with Gasteiger partial charge >= 0.3 is 0 Å². The van der Waals surface area contributed by atoms with Gasteiger partial charge in [0.15, 0.2) is 0 Å². The van der Waals surface area contributed by atoms with Crippen LogP contribution in [0.5, 0.6) is 0 Å². The number of benzene rings is 1. The fourth-order valence-corrected chi connectivity index (χ4v) is 1.59. The monoisotopic (exact) mass is 161 g/mol. The minimum Gasteiger partial charge on any atom is -0.327 e. The molecule has 0 amide bonds. The van der Waals surface area contributed by atoms with Gasteiger partial charge in [-0.05, 0) is 37.0 Å². The maximum absolute atomic E-state index is 5.79. The molecule has 2 N–H and O–H groups in total. The highest BCUT2D eigenvalue weighted by Crippen LogP contribution is 2.39. The molecule has 0 aliphatic heterocycles. The van der Waals surface area contributed by atoms with Crippen molar-refractivity contribution in [3.8, 4) is 0 Å². The second-order valence-corrected chi connectivity index (χ2v) is 3.85. The molecule has 0 aromatic heterocycles. The molecule has 1 aromatic carbocycles. The van der Waals surface area contributed by atoms with E-state index in [0.29, 0.717) is 12.0 Å². The van der Waals surface area contributed by atoms with Gasteiger partial charge in [-0.1, -0.05) is 18.2 Å². The standard InChI is InChI=1S/C11H15N/c1-7-3-4-9(5-8(7)2)10-6-11(10)12/h3-5,10-11H,6,12H2,1-2H3. The molecule has 1 heteroatoms. The van der Waals surface area contributed by atoms with Crippen molar-refractivity contribution in [2.24, 2.45) is 5.73 Å². The van der Waals surface area contributed by atoms with E-state index < -0.39 is 0 Å². The molecule has 0 spiro atoms. The zero-order valence-corrected chi connectivity index (χ0v) is 7.67. The average molecular weight is 161 g/mol. The third-order valence-electron chi connectivity index (χ3n) is 2.80. The molecule has 1 nitrogen and oxygen atoms in total. The van der Waals surface area contributed by atoms with Gasteiger partial charge in [-0.2, -0.15) is 0 Å². The summed E-state index contributed by atoms with van der Waals surface area (Å²) in [6.07, 6.45) is 1.17. The SMILES string of the molecule is Cc1ccc(C2CC2N)cc1C. The number of hydrogen-bond donors (Lipinski definition) is 1. The highest BCUT2D eigenvalue weighted by molar-refractivity contribution is 5.35. The lowest BCUT2D eigenvalue weighted by Gasteiger charge is -2.03. The molecule has 12 heavy (non-hydrogen) atoms. The first-order valence-corrected chi connectivity index (χ1v) is 4.51. The molecule has 2 rings (SSSR count). The van der Waals surface area contributed by atoms with Crippen molar-refractivity contribution in [1.29, 1.82) is 0 Å². The Kier molecular flexibility index (Phi) is 1.69. The summed E-state index contributed by atoms with van der Waals surface area (Å²) in [4.78, 5) is 0. The highest BCUT2D eigenvalue weighted by Gasteiger charge is 2.34. The van der Waals surface area contributed by atoms with Crippen molar-refractivity contribution >= 4 is 0 Å². The van der Waals surface area contributed by atoms with E-state index in [9.17, 15) is 0 Å². The topological polar surface area (TPSA) is 26.0 Å². The summed E-state index contributed by atoms with van der Waals surface area (Å²) in [7, 11) is 0. The summed E-state index contributed by atoms with van der Waals surface area (Å²) >= 11 is 0. The first kappa shape index (κ1) is 7.81. The molecule has 1 aliphatic carbocycles. The largest absolute Gasteiger partial charge is 0.327 e. The van der Waals surface area contributed by atoms with Crippen molar-refractivity contribution in [1.82, 2.24) is 0 Å². The summed E-state index contributed by atoms with van der Waals surface area (Å²) in [5.74, 6) is 0.643. The van der Waals surface area contributed by atoms with Gasteiger partial charge in [0.05, 0.1) is 0 Å². The van der Waals surface area contributed by atoms with Crippen molar-refractivity contribution in [3.63, 3.8) is 0 Å². The summed E-state index contributed by atoms with van der Waals surface area (Å²) in [6, 6.07) is 7.09. The zero-order chi connectivity index (χ0) is 8.72. The first-order chi connectivity index (χ1) is 5.68. The molecule has 0 radical (unpaired) electrons. The van der Waals surface area contributed by atoms with Gasteiger partial charge < -0.3 is 5.73 Å². The van der Waals surface area contributed by atoms with Crippen molar-refractivity contribution in [2.45, 2.75) is 32.2 Å². The van der Waals surface area contributed by atoms with Gasteiger partial charge in [0, 0.05) is 12.0 Å². The molecular formula is C11H15N. The Labute approximate surface area is 73.6 Å². The smallest absolute Gasteiger partial charge is 0.0115 e. The van der Waals surface area contributed by atoms with Crippen molar-refractivity contribution in [2.75, 3.05) is 0 Å². The van der Waals surface area contributed by atoms with Crippen molar-refractivity contribution in [3.05, 3.63) is 34.9 Å². The fraction of sp³-hybridized carbons (Fsp3) is 0.455. The molecule has 1 saturated carbocycles. The first-order valence-electron chi connectivity index (χ1n) is 4.51. The van der Waals surface area contributed by atoms with Gasteiger partial charge in [0.1, 0.15) is 0 Å². The van der Waals surface area contributed by atoms with Crippen LogP contribution in [0.25, 0.3) is 0 Å². The summed E-state index contributed by atoms with van der Waals surface area (Å²) in [5.41, 5.74) is 9.96. The minimum atomic E-state index is 0.423. The Morgan fingerprint density at radius 3 is 2.42 bits per heavy atom. The number of hydrogen-bond acceptors (Lipinski definition) is 1. The summed E-state index contributed by atoms with van der Waals surface area (Å²) in [6.45, 7) is 4.30. The maximum Gasteiger partial charge on any atom is 0.0115 e. The maximum atomic E-state index is 5.79. The Morgan fingerprint density at radius 2 is 1.92 bits per heavy atom. The lowest BCUT2D eigenvalue weighted by molar-refractivity contribution is 0.987. The third kappa shape index (κ3) is 1.25. The fourth-order valence-electron chi connectivity index (χ4n) is 1.59. The van der Waals surface area contributed by atoms with Crippen LogP contribution in [0, 0.1) is 13.8 Å². The van der Waals surface area contributed by atoms with E-state index in [-0.39, 0.29) is 0 Å². The van der Waals surface area contributed by atoms with Gasteiger partial charge in [0.2, 0.25) is 0 Å². The molecule has 1 aliphatic rings. The van der Waals surface area contributed by atoms with Crippen LogP contribution < -0.4 is 5.73 Å². The van der Waals surface area contributed by atoms with E-state index in [1.54, 1.807) is 0 Å². The lowest BCUT2D eigenvalue weighted by atomic mass is 10.0. The molecule has 64 valence electrons. The normalized spacial score (nSPS) is 27.2. The van der Waals surface area contributed by atoms with Gasteiger partial charge in [0.25, 0.3) is 0 Å². The Balaban J connectivity index is 2.29. The molecule has 2 atom stereocenters. The Bertz CT molecular complexity index is 304. The van der Waals surface area contributed by atoms with E-state index in [1.165, 1.54) is 23.1 Å². The van der Waals surface area contributed by atoms with E-state index in [1.807, 2.05) is 0 Å². The molecule has 0 heterocycles. The van der Waals surface area contributed by atoms with Crippen LogP contribution in [0.3, 0.4) is 0 Å². The average Bonchev–Trinajstić information content (AvgIpc) is 2.73. The summed E-state index contributed by atoms with van der Waals surface area (Å²) < 4.78 is 0. The van der Waals surface area contributed by atoms with Crippen LogP contribution in [0.1, 0.15) is 29.0 Å². The second kappa shape index (κ2) is 2.60. The van der Waals surface area contributed by atoms with E-state index >= 15 is 0 Å². The van der Waals surface area contributed by atoms with Crippen LogP contribution in [0.4, 0.5) is 0 Å². The van der Waals surface area contributed by atoms with Crippen LogP contribution in [0.15, 0.2) is 18.2 Å².